The Kier molecular flexibility index (Phi) is 15.8. The summed E-state index contributed by atoms with van der Waals surface area (Å²) in [5, 5.41) is 54.7. The van der Waals surface area contributed by atoms with Gasteiger partial charge in [-0.3, -0.25) is 0 Å². The molecule has 4 atom stereocenters. The fraction of sp³-hybridized carbons (Fsp3) is 0.857. The van der Waals surface area contributed by atoms with Gasteiger partial charge in [0, 0.05) is 0 Å². The summed E-state index contributed by atoms with van der Waals surface area (Å²) in [6.07, 6.45) is -1.60. The van der Waals surface area contributed by atoms with Crippen LogP contribution in [0.4, 0.5) is 0 Å². The zero-order valence-electron chi connectivity index (χ0n) is 13.8. The van der Waals surface area contributed by atoms with Crippen LogP contribution in [-0.2, 0) is 9.59 Å². The van der Waals surface area contributed by atoms with Crippen LogP contribution in [0.15, 0.2) is 0 Å². The van der Waals surface area contributed by atoms with Crippen LogP contribution in [0.3, 0.4) is 0 Å². The molecule has 10 N–H and O–H groups in total. The van der Waals surface area contributed by atoms with Gasteiger partial charge in [-0.05, 0) is 25.7 Å². The van der Waals surface area contributed by atoms with Gasteiger partial charge < -0.3 is 51.7 Å². The van der Waals surface area contributed by atoms with Crippen molar-refractivity contribution in [2.45, 2.75) is 62.9 Å². The molecule has 0 aliphatic heterocycles. The van der Waals surface area contributed by atoms with E-state index < -0.39 is 36.4 Å². The first-order valence-electron chi connectivity index (χ1n) is 7.93. The predicted molar refractivity (Wildman–Crippen MR) is 77.3 cm³/mol. The highest BCUT2D eigenvalue weighted by molar-refractivity contribution is 5.72. The van der Waals surface area contributed by atoms with Crippen LogP contribution in [0.1, 0.15) is 38.5 Å². The van der Waals surface area contributed by atoms with Crippen LogP contribution in [0, 0.1) is 0 Å². The Morgan fingerprint density at radius 1 is 0.667 bits per heavy atom. The standard InChI is InChI=1S/C8H20N2.C6H10O8/c9-7-5-3-1-2-4-6-8-10;7-1(3(9)5(11)12)2(8)4(10)6(13)14/h1-10H2;1-4,7-10H,(H,11,12)(H,13,14)/t;1-,2-,3-,4+/m.0/s1. The van der Waals surface area contributed by atoms with E-state index in [1.54, 1.807) is 0 Å². The van der Waals surface area contributed by atoms with E-state index in [-0.39, 0.29) is 0 Å². The third kappa shape index (κ3) is 12.2. The maximum atomic E-state index is 9.96. The van der Waals surface area contributed by atoms with Crippen LogP contribution >= 0.6 is 0 Å². The minimum Gasteiger partial charge on any atom is -0.547 e. The van der Waals surface area contributed by atoms with Crippen molar-refractivity contribution < 1.29 is 51.7 Å². The average Bonchev–Trinajstić information content (AvgIpc) is 2.55. The van der Waals surface area contributed by atoms with E-state index in [4.69, 9.17) is 20.4 Å². The van der Waals surface area contributed by atoms with Crippen molar-refractivity contribution in [3.05, 3.63) is 0 Å². The van der Waals surface area contributed by atoms with E-state index >= 15 is 0 Å². The average molecular weight is 354 g/mol. The third-order valence-electron chi connectivity index (χ3n) is 3.23. The van der Waals surface area contributed by atoms with Gasteiger partial charge in [-0.25, -0.2) is 0 Å². The lowest BCUT2D eigenvalue weighted by Crippen LogP contribution is -2.55. The number of aliphatic hydroxyl groups excluding tert-OH is 4. The highest BCUT2D eigenvalue weighted by atomic mass is 16.4. The van der Waals surface area contributed by atoms with Crippen molar-refractivity contribution >= 4 is 11.9 Å². The fourth-order valence-corrected chi connectivity index (χ4v) is 1.71. The lowest BCUT2D eigenvalue weighted by molar-refractivity contribution is -0.369. The SMILES string of the molecule is O=C([O-])[C@@H](O)[C@@H](O)[C@H](O)[C@@H](O)C(=O)[O-].[NH3+]CCCCCCCC[NH3+]. The van der Waals surface area contributed by atoms with E-state index in [0.717, 1.165) is 13.1 Å². The van der Waals surface area contributed by atoms with E-state index in [1.165, 1.54) is 38.5 Å². The van der Waals surface area contributed by atoms with Crippen LogP contribution in [-0.4, -0.2) is 69.9 Å². The number of carbonyl (C=O) groups excluding carboxylic acids is 2. The number of unbranched alkanes of at least 4 members (excludes halogenated alkanes) is 5. The van der Waals surface area contributed by atoms with Crippen LogP contribution < -0.4 is 21.7 Å². The first-order chi connectivity index (χ1) is 11.2. The van der Waals surface area contributed by atoms with Gasteiger partial charge in [0.15, 0.2) is 0 Å². The Morgan fingerprint density at radius 3 is 1.12 bits per heavy atom. The fourth-order valence-electron chi connectivity index (χ4n) is 1.71. The molecule has 0 amide bonds. The first kappa shape index (κ1) is 24.9. The summed E-state index contributed by atoms with van der Waals surface area (Å²) in [5.74, 6) is -4.22. The Balaban J connectivity index is 0. The lowest BCUT2D eigenvalue weighted by Gasteiger charge is -2.27. The molecule has 10 heteroatoms. The van der Waals surface area contributed by atoms with Gasteiger partial charge in [0.2, 0.25) is 0 Å². The summed E-state index contributed by atoms with van der Waals surface area (Å²) in [7, 11) is 0. The number of hydrogen-bond donors (Lipinski definition) is 6. The Hall–Kier alpha value is -1.30. The molecule has 0 radical (unpaired) electrons. The molecule has 0 aromatic heterocycles. The van der Waals surface area contributed by atoms with Gasteiger partial charge in [0.05, 0.1) is 25.0 Å². The molecule has 0 spiro atoms. The first-order valence-corrected chi connectivity index (χ1v) is 7.93. The molecule has 0 fully saturated rings. The number of carboxylic acid groups (broad SMARTS) is 2. The van der Waals surface area contributed by atoms with Gasteiger partial charge >= 0.3 is 0 Å². The Labute approximate surface area is 140 Å². The molecule has 24 heavy (non-hydrogen) atoms. The molecule has 0 bridgehead atoms. The zero-order chi connectivity index (χ0) is 19.1. The molecular weight excluding hydrogens is 324 g/mol. The van der Waals surface area contributed by atoms with E-state index in [0.29, 0.717) is 0 Å². The number of quaternary nitrogens is 2. The molecule has 0 aromatic rings. The van der Waals surface area contributed by atoms with Crippen molar-refractivity contribution in [2.75, 3.05) is 13.1 Å². The highest BCUT2D eigenvalue weighted by Gasteiger charge is 2.31. The second kappa shape index (κ2) is 15.2. The quantitative estimate of drug-likeness (QED) is 0.185. The van der Waals surface area contributed by atoms with Crippen molar-refractivity contribution in [2.24, 2.45) is 0 Å². The monoisotopic (exact) mass is 354 g/mol. The minimum absolute atomic E-state index is 1.11. The van der Waals surface area contributed by atoms with E-state index in [2.05, 4.69) is 11.5 Å². The molecule has 0 unspecified atom stereocenters. The van der Waals surface area contributed by atoms with Crippen LogP contribution in [0.5, 0.6) is 0 Å². The van der Waals surface area contributed by atoms with Gasteiger partial charge in [0.1, 0.15) is 24.4 Å². The molecular formula is C14H30N2O8. The maximum absolute atomic E-state index is 9.96. The van der Waals surface area contributed by atoms with Crippen molar-refractivity contribution in [1.29, 1.82) is 0 Å². The predicted octanol–water partition coefficient (Wildman–Crippen LogP) is -6.26. The Morgan fingerprint density at radius 2 is 0.917 bits per heavy atom. The summed E-state index contributed by atoms with van der Waals surface area (Å²) in [6.45, 7) is 2.21. The second-order valence-corrected chi connectivity index (χ2v) is 5.34. The van der Waals surface area contributed by atoms with Crippen molar-refractivity contribution in [1.82, 2.24) is 0 Å². The van der Waals surface area contributed by atoms with Gasteiger partial charge in [-0.15, -0.1) is 0 Å². The summed E-state index contributed by atoms with van der Waals surface area (Å²) < 4.78 is 0. The number of aliphatic hydroxyl groups is 4. The summed E-state index contributed by atoms with van der Waals surface area (Å²) in [4.78, 5) is 19.9. The van der Waals surface area contributed by atoms with Crippen molar-refractivity contribution in [3.8, 4) is 0 Å². The number of aliphatic carboxylic acids is 2. The molecule has 0 rings (SSSR count). The largest absolute Gasteiger partial charge is 0.547 e. The van der Waals surface area contributed by atoms with Gasteiger partial charge in [-0.1, -0.05) is 12.8 Å². The molecule has 0 saturated carbocycles. The highest BCUT2D eigenvalue weighted by Crippen LogP contribution is 2.04. The summed E-state index contributed by atoms with van der Waals surface area (Å²) in [5.41, 5.74) is 7.62. The number of hydrogen-bond acceptors (Lipinski definition) is 8. The number of rotatable bonds is 12. The summed E-state index contributed by atoms with van der Waals surface area (Å²) in [6, 6.07) is 0. The molecule has 10 nitrogen and oxygen atoms in total. The molecule has 144 valence electrons. The molecule has 0 aromatic carbocycles. The minimum atomic E-state index is -2.50. The summed E-state index contributed by atoms with van der Waals surface area (Å²) >= 11 is 0. The normalized spacial score (nSPS) is 15.6. The Bertz CT molecular complexity index is 311. The second-order valence-electron chi connectivity index (χ2n) is 5.34. The van der Waals surface area contributed by atoms with Crippen LogP contribution in [0.2, 0.25) is 0 Å². The zero-order valence-corrected chi connectivity index (χ0v) is 13.8. The van der Waals surface area contributed by atoms with E-state index in [1.807, 2.05) is 0 Å². The van der Waals surface area contributed by atoms with E-state index in [9.17, 15) is 19.8 Å². The number of carbonyl (C=O) groups is 2. The molecule has 0 aliphatic carbocycles. The topological polar surface area (TPSA) is 216 Å². The molecule has 0 heterocycles. The maximum Gasteiger partial charge on any atom is 0.122 e. The van der Waals surface area contributed by atoms with Crippen molar-refractivity contribution in [3.63, 3.8) is 0 Å². The van der Waals surface area contributed by atoms with Gasteiger partial charge in [0.25, 0.3) is 0 Å². The van der Waals surface area contributed by atoms with Crippen LogP contribution in [0.25, 0.3) is 0 Å². The lowest BCUT2D eigenvalue weighted by atomic mass is 10.0. The number of carboxylic acids is 2. The third-order valence-corrected chi connectivity index (χ3v) is 3.23. The smallest absolute Gasteiger partial charge is 0.122 e. The van der Waals surface area contributed by atoms with Gasteiger partial charge in [-0.2, -0.15) is 0 Å². The molecule has 0 saturated heterocycles. The molecule has 0 aliphatic rings.